The van der Waals surface area contributed by atoms with Gasteiger partial charge in [0.1, 0.15) is 5.82 Å². The number of nitrogens with zero attached hydrogens (tertiary/aromatic N) is 2. The average Bonchev–Trinajstić information content (AvgIpc) is 2.27. The zero-order chi connectivity index (χ0) is 12.0. The molecule has 86 valence electrons. The highest BCUT2D eigenvalue weighted by atomic mass is 35.5. The Morgan fingerprint density at radius 3 is 2.88 bits per heavy atom. The van der Waals surface area contributed by atoms with Gasteiger partial charge in [-0.15, -0.1) is 6.42 Å². The monoisotopic (exact) mass is 237 g/mol. The van der Waals surface area contributed by atoms with E-state index in [4.69, 9.17) is 18.0 Å². The largest absolute Gasteiger partial charge is 0.345 e. The molecule has 1 heterocycles. The quantitative estimate of drug-likeness (QED) is 0.794. The Kier molecular flexibility index (Phi) is 5.10. The molecule has 0 spiro atoms. The maximum atomic E-state index is 6.17. The Morgan fingerprint density at radius 1 is 1.62 bits per heavy atom. The Hall–Kier alpha value is -1.24. The van der Waals surface area contributed by atoms with E-state index >= 15 is 0 Å². The molecule has 1 aromatic rings. The van der Waals surface area contributed by atoms with Gasteiger partial charge < -0.3 is 10.2 Å². The van der Waals surface area contributed by atoms with Crippen molar-refractivity contribution >= 4 is 17.4 Å². The summed E-state index contributed by atoms with van der Waals surface area (Å²) in [5.41, 5.74) is 1.06. The van der Waals surface area contributed by atoms with Crippen LogP contribution in [0.5, 0.6) is 0 Å². The summed E-state index contributed by atoms with van der Waals surface area (Å²) in [6.07, 6.45) is 7.11. The molecular formula is C12H16ClN3. The van der Waals surface area contributed by atoms with Gasteiger partial charge in [0, 0.05) is 19.3 Å². The lowest BCUT2D eigenvalue weighted by molar-refractivity contribution is 0.810. The van der Waals surface area contributed by atoms with Crippen LogP contribution in [-0.4, -0.2) is 25.1 Å². The number of aromatic nitrogens is 1. The SMILES string of the molecule is C#CCN(CC)c1ncc(CNC)cc1Cl. The topological polar surface area (TPSA) is 28.2 Å². The van der Waals surface area contributed by atoms with Crippen molar-refractivity contribution in [1.82, 2.24) is 10.3 Å². The molecule has 0 saturated carbocycles. The van der Waals surface area contributed by atoms with Gasteiger partial charge in [-0.05, 0) is 25.6 Å². The average molecular weight is 238 g/mol. The molecule has 3 nitrogen and oxygen atoms in total. The zero-order valence-electron chi connectivity index (χ0n) is 9.63. The normalized spacial score (nSPS) is 9.88. The van der Waals surface area contributed by atoms with Gasteiger partial charge in [0.05, 0.1) is 11.6 Å². The number of hydrogen-bond donors (Lipinski definition) is 1. The summed E-state index contributed by atoms with van der Waals surface area (Å²) >= 11 is 6.17. The second kappa shape index (κ2) is 6.37. The van der Waals surface area contributed by atoms with E-state index < -0.39 is 0 Å². The fraction of sp³-hybridized carbons (Fsp3) is 0.417. The lowest BCUT2D eigenvalue weighted by Crippen LogP contribution is -2.24. The van der Waals surface area contributed by atoms with Gasteiger partial charge in [0.25, 0.3) is 0 Å². The van der Waals surface area contributed by atoms with Crippen LogP contribution < -0.4 is 10.2 Å². The zero-order valence-corrected chi connectivity index (χ0v) is 10.4. The predicted molar refractivity (Wildman–Crippen MR) is 68.7 cm³/mol. The van der Waals surface area contributed by atoms with Crippen molar-refractivity contribution in [3.05, 3.63) is 22.8 Å². The molecule has 16 heavy (non-hydrogen) atoms. The van der Waals surface area contributed by atoms with Gasteiger partial charge in [0.2, 0.25) is 0 Å². The summed E-state index contributed by atoms with van der Waals surface area (Å²) in [7, 11) is 1.89. The van der Waals surface area contributed by atoms with Crippen molar-refractivity contribution in [3.63, 3.8) is 0 Å². The van der Waals surface area contributed by atoms with E-state index in [9.17, 15) is 0 Å². The summed E-state index contributed by atoms with van der Waals surface area (Å²) in [6.45, 7) is 4.10. The number of pyridine rings is 1. The highest BCUT2D eigenvalue weighted by molar-refractivity contribution is 6.33. The first-order chi connectivity index (χ1) is 7.72. The number of anilines is 1. The summed E-state index contributed by atoms with van der Waals surface area (Å²) in [5, 5.41) is 3.70. The van der Waals surface area contributed by atoms with E-state index in [0.717, 1.165) is 24.5 Å². The number of rotatable bonds is 5. The third-order valence-electron chi connectivity index (χ3n) is 2.22. The number of hydrogen-bond acceptors (Lipinski definition) is 3. The molecule has 4 heteroatoms. The molecule has 0 saturated heterocycles. The van der Waals surface area contributed by atoms with E-state index in [2.05, 4.69) is 16.2 Å². The van der Waals surface area contributed by atoms with Gasteiger partial charge in [-0.25, -0.2) is 4.98 Å². The van der Waals surface area contributed by atoms with Gasteiger partial charge in [-0.1, -0.05) is 17.5 Å². The molecule has 0 aliphatic carbocycles. The van der Waals surface area contributed by atoms with E-state index in [1.165, 1.54) is 0 Å². The summed E-state index contributed by atoms with van der Waals surface area (Å²) in [6, 6.07) is 1.92. The van der Waals surface area contributed by atoms with Crippen molar-refractivity contribution in [2.24, 2.45) is 0 Å². The van der Waals surface area contributed by atoms with Crippen LogP contribution in [0.4, 0.5) is 5.82 Å². The van der Waals surface area contributed by atoms with Crippen LogP contribution in [0, 0.1) is 12.3 Å². The molecular weight excluding hydrogens is 222 g/mol. The Bertz CT molecular complexity index is 384. The maximum Gasteiger partial charge on any atom is 0.148 e. The molecule has 1 rings (SSSR count). The number of halogens is 1. The molecule has 0 bridgehead atoms. The second-order valence-electron chi connectivity index (χ2n) is 3.40. The Morgan fingerprint density at radius 2 is 2.38 bits per heavy atom. The fourth-order valence-corrected chi connectivity index (χ4v) is 1.76. The molecule has 0 aliphatic rings. The van der Waals surface area contributed by atoms with Crippen LogP contribution in [0.3, 0.4) is 0 Å². The summed E-state index contributed by atoms with van der Waals surface area (Å²) in [4.78, 5) is 6.31. The van der Waals surface area contributed by atoms with Crippen molar-refractivity contribution in [2.75, 3.05) is 25.0 Å². The lowest BCUT2D eigenvalue weighted by atomic mass is 10.2. The molecule has 0 amide bonds. The molecule has 0 aliphatic heterocycles. The summed E-state index contributed by atoms with van der Waals surface area (Å²) < 4.78 is 0. The van der Waals surface area contributed by atoms with Crippen LogP contribution in [0.25, 0.3) is 0 Å². The predicted octanol–water partition coefficient (Wildman–Crippen LogP) is 1.91. The first-order valence-corrected chi connectivity index (χ1v) is 5.58. The minimum Gasteiger partial charge on any atom is -0.345 e. The van der Waals surface area contributed by atoms with Crippen LogP contribution in [0.15, 0.2) is 12.3 Å². The van der Waals surface area contributed by atoms with Crippen molar-refractivity contribution < 1.29 is 0 Å². The van der Waals surface area contributed by atoms with E-state index in [-0.39, 0.29) is 0 Å². The van der Waals surface area contributed by atoms with Crippen LogP contribution >= 0.6 is 11.6 Å². The molecule has 0 aromatic carbocycles. The van der Waals surface area contributed by atoms with Gasteiger partial charge in [-0.3, -0.25) is 0 Å². The summed E-state index contributed by atoms with van der Waals surface area (Å²) in [5.74, 6) is 3.35. The van der Waals surface area contributed by atoms with E-state index in [1.54, 1.807) is 0 Å². The highest BCUT2D eigenvalue weighted by Gasteiger charge is 2.09. The molecule has 1 aromatic heterocycles. The standard InChI is InChI=1S/C12H16ClN3/c1-4-6-16(5-2)12-11(13)7-10(8-14-3)9-15-12/h1,7,9,14H,5-6,8H2,2-3H3. The highest BCUT2D eigenvalue weighted by Crippen LogP contribution is 2.23. The van der Waals surface area contributed by atoms with Gasteiger partial charge in [-0.2, -0.15) is 0 Å². The Balaban J connectivity index is 2.93. The minimum atomic E-state index is 0.522. The van der Waals surface area contributed by atoms with E-state index in [0.29, 0.717) is 11.6 Å². The van der Waals surface area contributed by atoms with Crippen molar-refractivity contribution in [2.45, 2.75) is 13.5 Å². The maximum absolute atomic E-state index is 6.17. The van der Waals surface area contributed by atoms with Crippen LogP contribution in [-0.2, 0) is 6.54 Å². The third kappa shape index (κ3) is 3.13. The van der Waals surface area contributed by atoms with Crippen LogP contribution in [0.2, 0.25) is 5.02 Å². The minimum absolute atomic E-state index is 0.522. The lowest BCUT2D eigenvalue weighted by Gasteiger charge is -2.20. The molecule has 0 atom stereocenters. The molecule has 0 radical (unpaired) electrons. The van der Waals surface area contributed by atoms with Crippen LogP contribution in [0.1, 0.15) is 12.5 Å². The fourth-order valence-electron chi connectivity index (χ4n) is 1.45. The molecule has 0 fully saturated rings. The molecule has 1 N–H and O–H groups in total. The smallest absolute Gasteiger partial charge is 0.148 e. The second-order valence-corrected chi connectivity index (χ2v) is 3.80. The van der Waals surface area contributed by atoms with Gasteiger partial charge >= 0.3 is 0 Å². The molecule has 0 unspecified atom stereocenters. The number of terminal acetylenes is 1. The number of nitrogens with one attached hydrogen (secondary N) is 1. The van der Waals surface area contributed by atoms with Gasteiger partial charge in [0.15, 0.2) is 0 Å². The third-order valence-corrected chi connectivity index (χ3v) is 2.50. The first-order valence-electron chi connectivity index (χ1n) is 5.20. The Labute approximate surface area is 102 Å². The van der Waals surface area contributed by atoms with Crippen molar-refractivity contribution in [1.29, 1.82) is 0 Å². The van der Waals surface area contributed by atoms with Crippen molar-refractivity contribution in [3.8, 4) is 12.3 Å². The first kappa shape index (κ1) is 12.8. The van der Waals surface area contributed by atoms with E-state index in [1.807, 2.05) is 31.1 Å².